The van der Waals surface area contributed by atoms with Crippen LogP contribution in [0.15, 0.2) is 65.6 Å². The topological polar surface area (TPSA) is 94.4 Å². The highest BCUT2D eigenvalue weighted by molar-refractivity contribution is 6.18. The van der Waals surface area contributed by atoms with Gasteiger partial charge in [0, 0.05) is 73.2 Å². The van der Waals surface area contributed by atoms with Gasteiger partial charge in [0.05, 0.1) is 22.9 Å². The largest absolute Gasteiger partial charge is 0.418 e. The third-order valence-electron chi connectivity index (χ3n) is 9.02. The van der Waals surface area contributed by atoms with Gasteiger partial charge in [-0.1, -0.05) is 24.3 Å². The Balaban J connectivity index is 1.24. The number of amides is 1. The molecular formula is C35H33F5N4O4. The molecule has 13 heteroatoms. The molecule has 1 aliphatic heterocycles. The number of aromatic nitrogens is 2. The molecule has 8 nitrogen and oxygen atoms in total. The molecule has 1 aliphatic carbocycles. The van der Waals surface area contributed by atoms with E-state index in [1.54, 1.807) is 17.8 Å². The predicted molar refractivity (Wildman–Crippen MR) is 170 cm³/mol. The summed E-state index contributed by atoms with van der Waals surface area (Å²) < 4.78 is 80.8. The maximum Gasteiger partial charge on any atom is 0.418 e. The average Bonchev–Trinajstić information content (AvgIpc) is 3.42. The van der Waals surface area contributed by atoms with Gasteiger partial charge in [-0.3, -0.25) is 14.4 Å². The number of aryl methyl sites for hydroxylation is 1. The van der Waals surface area contributed by atoms with Gasteiger partial charge < -0.3 is 24.5 Å². The van der Waals surface area contributed by atoms with E-state index in [2.05, 4.69) is 10.6 Å². The summed E-state index contributed by atoms with van der Waals surface area (Å²) in [5, 5.41) is 5.77. The van der Waals surface area contributed by atoms with Crippen LogP contribution >= 0.6 is 0 Å². The van der Waals surface area contributed by atoms with Crippen LogP contribution in [0.25, 0.3) is 22.2 Å². The van der Waals surface area contributed by atoms with E-state index in [-0.39, 0.29) is 59.4 Å². The molecule has 0 radical (unpaired) electrons. The lowest BCUT2D eigenvalue weighted by molar-refractivity contribution is -0.137. The van der Waals surface area contributed by atoms with Gasteiger partial charge >= 0.3 is 6.18 Å². The number of carbonyl (C=O) groups is 2. The lowest BCUT2D eigenvalue weighted by Crippen LogP contribution is -2.35. The quantitative estimate of drug-likeness (QED) is 0.128. The minimum atomic E-state index is -4.76. The van der Waals surface area contributed by atoms with Gasteiger partial charge in [0.15, 0.2) is 5.78 Å². The zero-order valence-corrected chi connectivity index (χ0v) is 26.0. The smallest absolute Gasteiger partial charge is 0.381 e. The van der Waals surface area contributed by atoms with Gasteiger partial charge in [0.2, 0.25) is 5.91 Å². The van der Waals surface area contributed by atoms with Crippen molar-refractivity contribution in [2.24, 2.45) is 0 Å². The monoisotopic (exact) mass is 668 g/mol. The van der Waals surface area contributed by atoms with Gasteiger partial charge in [-0.25, -0.2) is 8.78 Å². The third-order valence-corrected chi connectivity index (χ3v) is 9.02. The van der Waals surface area contributed by atoms with Crippen molar-refractivity contribution < 1.29 is 36.3 Å². The first-order valence-electron chi connectivity index (χ1n) is 15.7. The number of hydrogen-bond donors (Lipinski definition) is 2. The lowest BCUT2D eigenvalue weighted by Gasteiger charge is -2.27. The second kappa shape index (κ2) is 13.5. The SMILES string of the molecule is CO[C@H]1CC[C@H](NC/C=C/C(=O)Nc2c(F)cc(C(=O)c3cn4c5c(cccc35)-c3c(C(F)(F)F)ccc(=O)n3CCC4)cc2F)CC1. The van der Waals surface area contributed by atoms with Crippen LogP contribution in [0.5, 0.6) is 0 Å². The number of alkyl halides is 3. The Morgan fingerprint density at radius 1 is 1.02 bits per heavy atom. The number of carbonyl (C=O) groups excluding carboxylic acids is 2. The fraction of sp³-hybridized carbons (Fsp3) is 0.343. The number of anilines is 1. The van der Waals surface area contributed by atoms with Crippen molar-refractivity contribution in [3.05, 3.63) is 99.5 Å². The molecule has 1 amide bonds. The molecule has 4 aromatic rings. The van der Waals surface area contributed by atoms with Crippen molar-refractivity contribution in [2.75, 3.05) is 19.0 Å². The van der Waals surface area contributed by atoms with Gasteiger partial charge in [0.1, 0.15) is 17.3 Å². The molecule has 2 aromatic carbocycles. The number of ketones is 1. The van der Waals surface area contributed by atoms with Gasteiger partial charge in [-0.15, -0.1) is 0 Å². The van der Waals surface area contributed by atoms with E-state index >= 15 is 8.78 Å². The van der Waals surface area contributed by atoms with E-state index in [0.717, 1.165) is 54.5 Å². The molecule has 2 aromatic heterocycles. The molecule has 0 saturated heterocycles. The molecule has 48 heavy (non-hydrogen) atoms. The van der Waals surface area contributed by atoms with Crippen LogP contribution in [0, 0.1) is 11.6 Å². The van der Waals surface area contributed by atoms with Crippen molar-refractivity contribution in [3.8, 4) is 11.3 Å². The molecule has 0 spiro atoms. The maximum atomic E-state index is 15.2. The molecule has 6 rings (SSSR count). The van der Waals surface area contributed by atoms with Gasteiger partial charge in [-0.05, 0) is 50.3 Å². The fourth-order valence-corrected chi connectivity index (χ4v) is 6.68. The fourth-order valence-electron chi connectivity index (χ4n) is 6.68. The zero-order valence-electron chi connectivity index (χ0n) is 26.0. The van der Waals surface area contributed by atoms with Crippen molar-refractivity contribution in [3.63, 3.8) is 0 Å². The van der Waals surface area contributed by atoms with Crippen LogP contribution in [0.2, 0.25) is 0 Å². The van der Waals surface area contributed by atoms with Crippen molar-refractivity contribution >= 4 is 28.3 Å². The number of halogens is 5. The molecule has 3 heterocycles. The van der Waals surface area contributed by atoms with E-state index in [4.69, 9.17) is 4.74 Å². The first kappa shape index (κ1) is 33.3. The van der Waals surface area contributed by atoms with Crippen LogP contribution < -0.4 is 16.2 Å². The van der Waals surface area contributed by atoms with Crippen LogP contribution in [0.3, 0.4) is 0 Å². The Hall–Kier alpha value is -4.62. The van der Waals surface area contributed by atoms with Gasteiger partial charge in [-0.2, -0.15) is 13.2 Å². The summed E-state index contributed by atoms with van der Waals surface area (Å²) in [6.45, 7) is 0.679. The highest BCUT2D eigenvalue weighted by Gasteiger charge is 2.37. The van der Waals surface area contributed by atoms with E-state index in [1.807, 2.05) is 0 Å². The van der Waals surface area contributed by atoms with Crippen LogP contribution in [-0.4, -0.2) is 46.6 Å². The molecule has 1 fully saturated rings. The summed E-state index contributed by atoms with van der Waals surface area (Å²) in [5.41, 5.74) is -2.54. The number of rotatable bonds is 8. The second-order valence-corrected chi connectivity index (χ2v) is 12.0. The normalized spacial score (nSPS) is 18.0. The first-order valence-corrected chi connectivity index (χ1v) is 15.7. The number of ether oxygens (including phenoxy) is 1. The summed E-state index contributed by atoms with van der Waals surface area (Å²) in [6.07, 6.45) is 3.73. The van der Waals surface area contributed by atoms with Crippen LogP contribution in [-0.2, 0) is 28.8 Å². The minimum absolute atomic E-state index is 0.0143. The highest BCUT2D eigenvalue weighted by Crippen LogP contribution is 2.41. The Kier molecular flexibility index (Phi) is 9.35. The molecule has 2 N–H and O–H groups in total. The average molecular weight is 669 g/mol. The molecule has 2 aliphatic rings. The number of nitrogens with one attached hydrogen (secondary N) is 2. The number of para-hydroxylation sites is 1. The summed E-state index contributed by atoms with van der Waals surface area (Å²) >= 11 is 0. The zero-order chi connectivity index (χ0) is 34.2. The standard InChI is InChI=1S/C35H33F5N4O4/c1-48-22-10-8-21(9-11-22)41-14-3-7-29(45)42-31-27(36)17-20(18-28(31)37)34(47)25-19-43-15-4-16-44-30(46)13-12-26(35(38,39)40)33(44)24-6-2-5-23(25)32(24)43/h2-3,5-7,12-13,17-19,21-22,41H,4,8-11,14-16H2,1H3,(H,42,45)/b7-3+/t21-,22-. The molecule has 1 saturated carbocycles. The molecule has 0 bridgehead atoms. The minimum Gasteiger partial charge on any atom is -0.381 e. The number of pyridine rings is 1. The Morgan fingerprint density at radius 3 is 2.44 bits per heavy atom. The number of hydrogen-bond acceptors (Lipinski definition) is 5. The molecule has 0 unspecified atom stereocenters. The predicted octanol–water partition coefficient (Wildman–Crippen LogP) is 6.44. The van der Waals surface area contributed by atoms with E-state index in [0.29, 0.717) is 12.1 Å². The summed E-state index contributed by atoms with van der Waals surface area (Å²) in [6, 6.07) is 8.01. The number of nitrogens with zero attached hydrogens (tertiary/aromatic N) is 2. The number of benzene rings is 2. The number of methoxy groups -OCH3 is 1. The second-order valence-electron chi connectivity index (χ2n) is 12.0. The summed E-state index contributed by atoms with van der Waals surface area (Å²) in [4.78, 5) is 38.8. The Labute approximate surface area is 272 Å². The maximum absolute atomic E-state index is 15.2. The van der Waals surface area contributed by atoms with Crippen molar-refractivity contribution in [1.82, 2.24) is 14.5 Å². The van der Waals surface area contributed by atoms with E-state index in [9.17, 15) is 27.6 Å². The third kappa shape index (κ3) is 6.56. The molecule has 252 valence electrons. The molecular weight excluding hydrogens is 635 g/mol. The van der Waals surface area contributed by atoms with Crippen molar-refractivity contribution in [2.45, 2.75) is 63.5 Å². The van der Waals surface area contributed by atoms with Crippen LogP contribution in [0.1, 0.15) is 53.6 Å². The van der Waals surface area contributed by atoms with Crippen molar-refractivity contribution in [1.29, 1.82) is 0 Å². The summed E-state index contributed by atoms with van der Waals surface area (Å²) in [7, 11) is 1.69. The number of fused-ring (bicyclic) bond motifs is 2. The Morgan fingerprint density at radius 2 is 1.75 bits per heavy atom. The van der Waals surface area contributed by atoms with Gasteiger partial charge in [0.25, 0.3) is 5.56 Å². The van der Waals surface area contributed by atoms with E-state index in [1.165, 1.54) is 30.5 Å². The van der Waals surface area contributed by atoms with E-state index < -0.39 is 46.3 Å². The first-order chi connectivity index (χ1) is 23.0. The Bertz CT molecular complexity index is 1950. The van der Waals surface area contributed by atoms with Crippen LogP contribution in [0.4, 0.5) is 27.6 Å². The summed E-state index contributed by atoms with van der Waals surface area (Å²) in [5.74, 6) is -3.86. The molecule has 0 atom stereocenters. The lowest BCUT2D eigenvalue weighted by atomic mass is 9.93. The highest BCUT2D eigenvalue weighted by atomic mass is 19.4.